The zero-order valence-corrected chi connectivity index (χ0v) is 39.7. The summed E-state index contributed by atoms with van der Waals surface area (Å²) in [6.45, 7) is 13.4. The average Bonchev–Trinajstić information content (AvgIpc) is 3.98. The van der Waals surface area contributed by atoms with Crippen LogP contribution in [0.4, 0.5) is 0 Å². The van der Waals surface area contributed by atoms with Crippen molar-refractivity contribution in [2.24, 2.45) is 28.6 Å². The number of aliphatic carboxylic acids is 1. The van der Waals surface area contributed by atoms with E-state index in [-0.39, 0.29) is 30.1 Å². The largest absolute Gasteiger partial charge is 0.481 e. The van der Waals surface area contributed by atoms with Gasteiger partial charge in [0.15, 0.2) is 0 Å². The molecule has 2 aliphatic rings. The fraction of sp³-hybridized carbons (Fsp3) is 0.620. The van der Waals surface area contributed by atoms with Crippen LogP contribution in [0.1, 0.15) is 111 Å². The minimum atomic E-state index is -1.68. The van der Waals surface area contributed by atoms with Crippen LogP contribution in [0.2, 0.25) is 0 Å². The average molecular weight is 903 g/mol. The number of hydrogen-bond donors (Lipinski definition) is 6. The first-order valence-electron chi connectivity index (χ1n) is 23.4. The van der Waals surface area contributed by atoms with Crippen molar-refractivity contribution < 1.29 is 43.8 Å². The van der Waals surface area contributed by atoms with Gasteiger partial charge in [-0.15, -0.1) is 0 Å². The molecule has 6 amide bonds. The Hall–Kier alpha value is -5.31. The highest BCUT2D eigenvalue weighted by molar-refractivity contribution is 5.99. The molecular formula is C50H74N6O9. The number of rotatable bonds is 22. The molecule has 0 radical (unpaired) electrons. The Morgan fingerprint density at radius 2 is 1.25 bits per heavy atom. The lowest BCUT2D eigenvalue weighted by Crippen LogP contribution is -2.64. The van der Waals surface area contributed by atoms with Gasteiger partial charge in [0.1, 0.15) is 24.2 Å². The number of carbonyl (C=O) groups is 7. The molecule has 2 aromatic carbocycles. The monoisotopic (exact) mass is 903 g/mol. The summed E-state index contributed by atoms with van der Waals surface area (Å²) in [6, 6.07) is 13.2. The Kier molecular flexibility index (Phi) is 19.1. The summed E-state index contributed by atoms with van der Waals surface area (Å²) in [5.41, 5.74) is -0.0392. The molecule has 2 aromatic rings. The van der Waals surface area contributed by atoms with Crippen LogP contribution in [-0.4, -0.2) is 118 Å². The Morgan fingerprint density at radius 3 is 1.71 bits per heavy atom. The SMILES string of the molecule is CC(C)[C@H](NC(=O)[C@H](C(C)C)N(C)C(=O)C(Cc1ccccc1)Cc1ccccc1)C(=O)N[C@@H](CC(=O)N1CCCC1)C(=O)N[C@H](C(=O)N[C@H](CO)CC(C)(C)C)C1(C(=O)O)CCCC1. The number of carbonyl (C=O) groups excluding carboxylic acids is 6. The summed E-state index contributed by atoms with van der Waals surface area (Å²) in [6.07, 6.45) is 3.51. The van der Waals surface area contributed by atoms with Gasteiger partial charge in [0.25, 0.3) is 0 Å². The number of benzene rings is 2. The summed E-state index contributed by atoms with van der Waals surface area (Å²) < 4.78 is 0. The van der Waals surface area contributed by atoms with Gasteiger partial charge in [-0.1, -0.05) is 122 Å². The van der Waals surface area contributed by atoms with Crippen molar-refractivity contribution in [2.45, 2.75) is 143 Å². The van der Waals surface area contributed by atoms with Gasteiger partial charge in [0.05, 0.1) is 24.5 Å². The van der Waals surface area contributed by atoms with Gasteiger partial charge in [0, 0.05) is 26.1 Å². The molecule has 15 nitrogen and oxygen atoms in total. The zero-order chi connectivity index (χ0) is 48.1. The zero-order valence-electron chi connectivity index (χ0n) is 39.7. The maximum Gasteiger partial charge on any atom is 0.312 e. The normalized spacial score (nSPS) is 17.2. The molecule has 15 heteroatoms. The summed E-state index contributed by atoms with van der Waals surface area (Å²) >= 11 is 0. The fourth-order valence-electron chi connectivity index (χ4n) is 9.42. The number of amides is 6. The Bertz CT molecular complexity index is 1880. The number of hydrogen-bond acceptors (Lipinski definition) is 8. The van der Waals surface area contributed by atoms with Crippen LogP contribution in [0.25, 0.3) is 0 Å². The van der Waals surface area contributed by atoms with E-state index < -0.39 is 96.0 Å². The molecule has 1 saturated carbocycles. The molecule has 0 bridgehead atoms. The first-order valence-corrected chi connectivity index (χ1v) is 23.4. The van der Waals surface area contributed by atoms with E-state index in [0.717, 1.165) is 24.0 Å². The maximum absolute atomic E-state index is 14.5. The van der Waals surface area contributed by atoms with Crippen LogP contribution in [0.3, 0.4) is 0 Å². The fourth-order valence-corrected chi connectivity index (χ4v) is 9.42. The van der Waals surface area contributed by atoms with Crippen molar-refractivity contribution in [3.05, 3.63) is 71.8 Å². The van der Waals surface area contributed by atoms with Crippen LogP contribution in [0, 0.1) is 28.6 Å². The van der Waals surface area contributed by atoms with Crippen LogP contribution in [-0.2, 0) is 46.4 Å². The van der Waals surface area contributed by atoms with E-state index in [0.29, 0.717) is 45.2 Å². The van der Waals surface area contributed by atoms with E-state index in [2.05, 4.69) is 21.3 Å². The van der Waals surface area contributed by atoms with Crippen molar-refractivity contribution in [2.75, 3.05) is 26.7 Å². The lowest BCUT2D eigenvalue weighted by Gasteiger charge is -2.36. The van der Waals surface area contributed by atoms with E-state index in [1.165, 1.54) is 4.90 Å². The molecule has 2 fully saturated rings. The molecule has 358 valence electrons. The van der Waals surface area contributed by atoms with E-state index in [9.17, 15) is 43.8 Å². The summed E-state index contributed by atoms with van der Waals surface area (Å²) in [5, 5.41) is 31.8. The van der Waals surface area contributed by atoms with Crippen LogP contribution in [0.5, 0.6) is 0 Å². The first-order chi connectivity index (χ1) is 30.7. The van der Waals surface area contributed by atoms with Crippen LogP contribution < -0.4 is 21.3 Å². The number of likely N-dealkylation sites (N-methyl/N-ethyl adjacent to an activating group) is 1. The smallest absolute Gasteiger partial charge is 0.312 e. The second-order valence-electron chi connectivity index (χ2n) is 20.1. The van der Waals surface area contributed by atoms with Gasteiger partial charge in [0.2, 0.25) is 35.4 Å². The van der Waals surface area contributed by atoms with Gasteiger partial charge in [-0.25, -0.2) is 0 Å². The molecule has 0 spiro atoms. The Morgan fingerprint density at radius 1 is 0.708 bits per heavy atom. The molecule has 5 atom stereocenters. The summed E-state index contributed by atoms with van der Waals surface area (Å²) in [7, 11) is 1.59. The quantitative estimate of drug-likeness (QED) is 0.0996. The van der Waals surface area contributed by atoms with Crippen LogP contribution in [0.15, 0.2) is 60.7 Å². The molecule has 0 unspecified atom stereocenters. The second kappa shape index (κ2) is 23.7. The molecule has 1 aliphatic carbocycles. The van der Waals surface area contributed by atoms with Gasteiger partial charge >= 0.3 is 5.97 Å². The second-order valence-corrected chi connectivity index (χ2v) is 20.1. The molecule has 65 heavy (non-hydrogen) atoms. The third-order valence-electron chi connectivity index (χ3n) is 12.8. The lowest BCUT2D eigenvalue weighted by molar-refractivity contribution is -0.155. The molecule has 1 aliphatic heterocycles. The van der Waals surface area contributed by atoms with E-state index in [1.54, 1.807) is 25.8 Å². The summed E-state index contributed by atoms with van der Waals surface area (Å²) in [4.78, 5) is 102. The third-order valence-corrected chi connectivity index (χ3v) is 12.8. The highest BCUT2D eigenvalue weighted by atomic mass is 16.4. The number of carboxylic acid groups (broad SMARTS) is 1. The highest BCUT2D eigenvalue weighted by Gasteiger charge is 2.53. The van der Waals surface area contributed by atoms with Crippen LogP contribution >= 0.6 is 0 Å². The minimum Gasteiger partial charge on any atom is -0.481 e. The van der Waals surface area contributed by atoms with Crippen molar-refractivity contribution in [3.8, 4) is 0 Å². The van der Waals surface area contributed by atoms with Crippen molar-refractivity contribution >= 4 is 41.4 Å². The number of likely N-dealkylation sites (tertiary alicyclic amines) is 1. The number of nitrogens with zero attached hydrogens (tertiary/aromatic N) is 2. The van der Waals surface area contributed by atoms with Gasteiger partial charge < -0.3 is 41.3 Å². The molecule has 6 N–H and O–H groups in total. The third kappa shape index (κ3) is 14.6. The minimum absolute atomic E-state index is 0.0994. The molecule has 1 heterocycles. The predicted octanol–water partition coefficient (Wildman–Crippen LogP) is 4.25. The van der Waals surface area contributed by atoms with Crippen molar-refractivity contribution in [3.63, 3.8) is 0 Å². The number of carboxylic acids is 1. The van der Waals surface area contributed by atoms with Gasteiger partial charge in [-0.3, -0.25) is 33.6 Å². The summed E-state index contributed by atoms with van der Waals surface area (Å²) in [5.74, 6) is -6.39. The highest BCUT2D eigenvalue weighted by Crippen LogP contribution is 2.42. The number of nitrogens with one attached hydrogen (secondary N) is 4. The Labute approximate surface area is 385 Å². The van der Waals surface area contributed by atoms with Gasteiger partial charge in [-0.05, 0) is 73.3 Å². The van der Waals surface area contributed by atoms with Gasteiger partial charge in [-0.2, -0.15) is 0 Å². The topological polar surface area (TPSA) is 215 Å². The number of aliphatic hydroxyl groups is 1. The first kappa shape index (κ1) is 52.3. The maximum atomic E-state index is 14.5. The number of aliphatic hydroxyl groups excluding tert-OH is 1. The Balaban J connectivity index is 1.61. The van der Waals surface area contributed by atoms with E-state index in [1.807, 2.05) is 95.3 Å². The molecule has 1 saturated heterocycles. The van der Waals surface area contributed by atoms with Crippen molar-refractivity contribution in [1.29, 1.82) is 0 Å². The lowest BCUT2D eigenvalue weighted by atomic mass is 9.77. The van der Waals surface area contributed by atoms with E-state index in [4.69, 9.17) is 0 Å². The van der Waals surface area contributed by atoms with E-state index >= 15 is 0 Å². The standard InChI is InChI=1S/C50H74N6O9/c1-32(2)40(53-45(61)41(33(3)4)55(8)47(63)36(27-34-19-11-9-12-20-34)28-35-21-13-10-14-22-35)44(60)52-38(29-39(58)56-25-17-18-26-56)43(59)54-42(50(48(64)65)23-15-16-24-50)46(62)51-37(31-57)30-49(5,6)7/h9-14,19-22,32-33,36-38,40-42,57H,15-18,23-31H2,1-8H3,(H,51,62)(H,52,60)(H,53,61)(H,54,59)(H,64,65)/t37-,38-,40-,41-,42+/m0/s1. The van der Waals surface area contributed by atoms with Crippen molar-refractivity contribution in [1.82, 2.24) is 31.1 Å². The predicted molar refractivity (Wildman–Crippen MR) is 248 cm³/mol. The molecule has 0 aromatic heterocycles. The molecular weight excluding hydrogens is 829 g/mol. The molecule has 4 rings (SSSR count).